The van der Waals surface area contributed by atoms with Gasteiger partial charge in [0.15, 0.2) is 0 Å². The smallest absolute Gasteiger partial charge is 0.139 e. The predicted octanol–water partition coefficient (Wildman–Crippen LogP) is 3.20. The SMILES string of the molecule is CCCNC(CO)(CSc1ccc(F)cc1F)C1CC1. The van der Waals surface area contributed by atoms with E-state index in [0.29, 0.717) is 16.6 Å². The number of nitrogens with one attached hydrogen (secondary N) is 1. The summed E-state index contributed by atoms with van der Waals surface area (Å²) < 4.78 is 26.5. The molecule has 1 unspecified atom stereocenters. The van der Waals surface area contributed by atoms with Crippen molar-refractivity contribution in [2.45, 2.75) is 36.6 Å². The molecule has 0 radical (unpaired) electrons. The van der Waals surface area contributed by atoms with Crippen LogP contribution >= 0.6 is 11.8 Å². The Morgan fingerprint density at radius 1 is 1.40 bits per heavy atom. The largest absolute Gasteiger partial charge is 0.394 e. The minimum absolute atomic E-state index is 0.0491. The Balaban J connectivity index is 2.04. The Kier molecular flexibility index (Phi) is 5.41. The predicted molar refractivity (Wildman–Crippen MR) is 77.9 cm³/mol. The first-order valence-electron chi connectivity index (χ1n) is 7.05. The van der Waals surface area contributed by atoms with Gasteiger partial charge in [-0.3, -0.25) is 0 Å². The van der Waals surface area contributed by atoms with Gasteiger partial charge in [0.1, 0.15) is 11.6 Å². The van der Waals surface area contributed by atoms with E-state index in [4.69, 9.17) is 0 Å². The minimum Gasteiger partial charge on any atom is -0.394 e. The zero-order valence-electron chi connectivity index (χ0n) is 11.7. The quantitative estimate of drug-likeness (QED) is 0.723. The summed E-state index contributed by atoms with van der Waals surface area (Å²) in [7, 11) is 0. The number of halogens is 2. The molecule has 1 fully saturated rings. The Hall–Kier alpha value is -0.650. The molecule has 1 aliphatic carbocycles. The van der Waals surface area contributed by atoms with Crippen LogP contribution in [0, 0.1) is 17.6 Å². The van der Waals surface area contributed by atoms with Crippen molar-refractivity contribution in [1.82, 2.24) is 5.32 Å². The van der Waals surface area contributed by atoms with Gasteiger partial charge in [-0.15, -0.1) is 11.8 Å². The highest BCUT2D eigenvalue weighted by atomic mass is 32.2. The van der Waals surface area contributed by atoms with Crippen molar-refractivity contribution in [3.8, 4) is 0 Å². The van der Waals surface area contributed by atoms with Crippen molar-refractivity contribution in [2.24, 2.45) is 5.92 Å². The summed E-state index contributed by atoms with van der Waals surface area (Å²) in [5.41, 5.74) is -0.346. The molecule has 1 saturated carbocycles. The van der Waals surface area contributed by atoms with Crippen LogP contribution in [0.15, 0.2) is 23.1 Å². The molecule has 112 valence electrons. The molecule has 0 saturated heterocycles. The van der Waals surface area contributed by atoms with Crippen LogP contribution in [0.2, 0.25) is 0 Å². The standard InChI is InChI=1S/C15H21F2NOS/c1-2-7-18-15(9-19,11-3-4-11)10-20-14-6-5-12(16)8-13(14)17/h5-6,8,11,18-19H,2-4,7,9-10H2,1H3. The van der Waals surface area contributed by atoms with Gasteiger partial charge >= 0.3 is 0 Å². The zero-order valence-corrected chi connectivity index (χ0v) is 12.5. The lowest BCUT2D eigenvalue weighted by Crippen LogP contribution is -2.53. The van der Waals surface area contributed by atoms with E-state index >= 15 is 0 Å². The third-order valence-electron chi connectivity index (χ3n) is 3.75. The molecule has 2 rings (SSSR count). The molecule has 1 aromatic carbocycles. The van der Waals surface area contributed by atoms with Gasteiger partial charge in [0.05, 0.1) is 12.1 Å². The number of thioether (sulfide) groups is 1. The van der Waals surface area contributed by atoms with Crippen molar-refractivity contribution >= 4 is 11.8 Å². The minimum atomic E-state index is -0.563. The maximum atomic E-state index is 13.7. The number of aliphatic hydroxyl groups is 1. The van der Waals surface area contributed by atoms with Gasteiger partial charge in [0.25, 0.3) is 0 Å². The number of rotatable bonds is 8. The molecular formula is C15H21F2NOS. The monoisotopic (exact) mass is 301 g/mol. The van der Waals surface area contributed by atoms with E-state index in [9.17, 15) is 13.9 Å². The summed E-state index contributed by atoms with van der Waals surface area (Å²) >= 11 is 1.34. The number of hydrogen-bond donors (Lipinski definition) is 2. The normalized spacial score (nSPS) is 18.0. The van der Waals surface area contributed by atoms with Gasteiger partial charge in [-0.2, -0.15) is 0 Å². The molecular weight excluding hydrogens is 280 g/mol. The summed E-state index contributed by atoms with van der Waals surface area (Å²) in [5.74, 6) is -0.0498. The fourth-order valence-corrected chi connectivity index (χ4v) is 3.56. The van der Waals surface area contributed by atoms with Crippen molar-refractivity contribution in [2.75, 3.05) is 18.9 Å². The van der Waals surface area contributed by atoms with Crippen LogP contribution in [-0.2, 0) is 0 Å². The third kappa shape index (κ3) is 3.71. The van der Waals surface area contributed by atoms with Crippen molar-refractivity contribution in [1.29, 1.82) is 0 Å². The lowest BCUT2D eigenvalue weighted by Gasteiger charge is -2.33. The lowest BCUT2D eigenvalue weighted by atomic mass is 9.96. The molecule has 1 aromatic rings. The molecule has 0 aromatic heterocycles. The maximum absolute atomic E-state index is 13.7. The zero-order chi connectivity index (χ0) is 14.6. The molecule has 20 heavy (non-hydrogen) atoms. The summed E-state index contributed by atoms with van der Waals surface area (Å²) in [5, 5.41) is 13.2. The highest BCUT2D eigenvalue weighted by molar-refractivity contribution is 7.99. The molecule has 2 N–H and O–H groups in total. The second-order valence-corrected chi connectivity index (χ2v) is 6.40. The topological polar surface area (TPSA) is 32.3 Å². The Labute approximate surface area is 123 Å². The Morgan fingerprint density at radius 3 is 2.70 bits per heavy atom. The van der Waals surface area contributed by atoms with Gasteiger partial charge in [0.2, 0.25) is 0 Å². The van der Waals surface area contributed by atoms with Gasteiger partial charge in [0, 0.05) is 16.7 Å². The van der Waals surface area contributed by atoms with Gasteiger partial charge < -0.3 is 10.4 Å². The van der Waals surface area contributed by atoms with Crippen LogP contribution in [-0.4, -0.2) is 29.5 Å². The van der Waals surface area contributed by atoms with E-state index in [1.807, 2.05) is 0 Å². The highest BCUT2D eigenvalue weighted by Crippen LogP contribution is 2.42. The molecule has 5 heteroatoms. The highest BCUT2D eigenvalue weighted by Gasteiger charge is 2.44. The van der Waals surface area contributed by atoms with Crippen LogP contribution < -0.4 is 5.32 Å². The Morgan fingerprint density at radius 2 is 2.15 bits per heavy atom. The van der Waals surface area contributed by atoms with E-state index in [1.165, 1.54) is 23.9 Å². The van der Waals surface area contributed by atoms with Crippen molar-refractivity contribution in [3.63, 3.8) is 0 Å². The first kappa shape index (κ1) is 15.7. The molecule has 0 amide bonds. The van der Waals surface area contributed by atoms with Crippen molar-refractivity contribution < 1.29 is 13.9 Å². The lowest BCUT2D eigenvalue weighted by molar-refractivity contribution is 0.159. The number of hydrogen-bond acceptors (Lipinski definition) is 3. The molecule has 0 heterocycles. The van der Waals surface area contributed by atoms with Crippen LogP contribution in [0.1, 0.15) is 26.2 Å². The van der Waals surface area contributed by atoms with Crippen LogP contribution in [0.25, 0.3) is 0 Å². The maximum Gasteiger partial charge on any atom is 0.139 e. The molecule has 1 aliphatic rings. The molecule has 0 bridgehead atoms. The van der Waals surface area contributed by atoms with E-state index in [1.54, 1.807) is 0 Å². The molecule has 2 nitrogen and oxygen atoms in total. The van der Waals surface area contributed by atoms with Crippen LogP contribution in [0.5, 0.6) is 0 Å². The fourth-order valence-electron chi connectivity index (χ4n) is 2.35. The fraction of sp³-hybridized carbons (Fsp3) is 0.600. The summed E-state index contributed by atoms with van der Waals surface area (Å²) in [6, 6.07) is 3.63. The number of benzene rings is 1. The van der Waals surface area contributed by atoms with E-state index < -0.39 is 11.6 Å². The average Bonchev–Trinajstić information content (AvgIpc) is 3.26. The first-order valence-corrected chi connectivity index (χ1v) is 8.03. The number of aliphatic hydroxyl groups excluding tert-OH is 1. The third-order valence-corrected chi connectivity index (χ3v) is 5.05. The first-order chi connectivity index (χ1) is 9.61. The van der Waals surface area contributed by atoms with E-state index in [0.717, 1.165) is 31.9 Å². The average molecular weight is 301 g/mol. The summed E-state index contributed by atoms with van der Waals surface area (Å²) in [6.07, 6.45) is 3.19. The van der Waals surface area contributed by atoms with E-state index in [-0.39, 0.29) is 12.1 Å². The molecule has 0 aliphatic heterocycles. The van der Waals surface area contributed by atoms with Gasteiger partial charge in [-0.05, 0) is 43.9 Å². The molecule has 0 spiro atoms. The van der Waals surface area contributed by atoms with Crippen molar-refractivity contribution in [3.05, 3.63) is 29.8 Å². The second kappa shape index (κ2) is 6.87. The Bertz CT molecular complexity index is 453. The second-order valence-electron chi connectivity index (χ2n) is 5.38. The van der Waals surface area contributed by atoms with Gasteiger partial charge in [-0.25, -0.2) is 8.78 Å². The summed E-state index contributed by atoms with van der Waals surface area (Å²) in [4.78, 5) is 0.433. The van der Waals surface area contributed by atoms with E-state index in [2.05, 4.69) is 12.2 Å². The molecule has 1 atom stereocenters. The van der Waals surface area contributed by atoms with Crippen LogP contribution in [0.3, 0.4) is 0 Å². The van der Waals surface area contributed by atoms with Crippen LogP contribution in [0.4, 0.5) is 8.78 Å². The summed E-state index contributed by atoms with van der Waals surface area (Å²) in [6.45, 7) is 2.96. The van der Waals surface area contributed by atoms with Gasteiger partial charge in [-0.1, -0.05) is 6.92 Å².